The van der Waals surface area contributed by atoms with Crippen molar-refractivity contribution in [3.05, 3.63) is 35.9 Å². The van der Waals surface area contributed by atoms with E-state index < -0.39 is 5.60 Å². The highest BCUT2D eigenvalue weighted by Crippen LogP contribution is 2.48. The van der Waals surface area contributed by atoms with Gasteiger partial charge in [-0.05, 0) is 30.2 Å². The molecule has 1 saturated carbocycles. The van der Waals surface area contributed by atoms with Crippen LogP contribution in [-0.2, 0) is 5.60 Å². The Balaban J connectivity index is 2.27. The Morgan fingerprint density at radius 2 is 1.71 bits per heavy atom. The topological polar surface area (TPSA) is 20.2 Å². The first-order valence-electron chi connectivity index (χ1n) is 5.30. The Hall–Kier alpha value is -0.820. The fourth-order valence-electron chi connectivity index (χ4n) is 2.51. The van der Waals surface area contributed by atoms with Crippen LogP contribution in [0.2, 0.25) is 0 Å². The molecule has 1 aromatic rings. The highest BCUT2D eigenvalue weighted by Gasteiger charge is 2.42. The van der Waals surface area contributed by atoms with Crippen molar-refractivity contribution in [1.29, 1.82) is 0 Å². The average molecular weight is 190 g/mol. The van der Waals surface area contributed by atoms with Crippen LogP contribution in [0.3, 0.4) is 0 Å². The monoisotopic (exact) mass is 190 g/mol. The first kappa shape index (κ1) is 9.72. The number of rotatable bonds is 1. The van der Waals surface area contributed by atoms with Crippen molar-refractivity contribution in [3.63, 3.8) is 0 Å². The summed E-state index contributed by atoms with van der Waals surface area (Å²) in [6.07, 6.45) is 2.88. The van der Waals surface area contributed by atoms with Gasteiger partial charge in [-0.1, -0.05) is 44.2 Å². The minimum Gasteiger partial charge on any atom is -0.385 e. The lowest BCUT2D eigenvalue weighted by Crippen LogP contribution is -2.23. The molecule has 1 aliphatic carbocycles. The Bertz CT molecular complexity index is 315. The minimum absolute atomic E-state index is 0.282. The zero-order valence-electron chi connectivity index (χ0n) is 8.96. The predicted octanol–water partition coefficient (Wildman–Crippen LogP) is 3.08. The van der Waals surface area contributed by atoms with E-state index in [2.05, 4.69) is 13.8 Å². The van der Waals surface area contributed by atoms with E-state index in [4.69, 9.17) is 0 Å². The van der Waals surface area contributed by atoms with E-state index >= 15 is 0 Å². The molecule has 1 unspecified atom stereocenters. The third kappa shape index (κ3) is 1.69. The smallest absolute Gasteiger partial charge is 0.0901 e. The Kier molecular flexibility index (Phi) is 2.15. The summed E-state index contributed by atoms with van der Waals surface area (Å²) in [4.78, 5) is 0. The van der Waals surface area contributed by atoms with Gasteiger partial charge in [0.05, 0.1) is 5.60 Å². The lowest BCUT2D eigenvalue weighted by molar-refractivity contribution is 0.0338. The molecule has 0 saturated heterocycles. The van der Waals surface area contributed by atoms with Crippen LogP contribution in [0, 0.1) is 5.41 Å². The first-order valence-corrected chi connectivity index (χ1v) is 5.30. The van der Waals surface area contributed by atoms with Gasteiger partial charge in [0.1, 0.15) is 0 Å². The van der Waals surface area contributed by atoms with Crippen LogP contribution < -0.4 is 0 Å². The third-order valence-corrected chi connectivity index (χ3v) is 3.30. The molecule has 0 radical (unpaired) electrons. The van der Waals surface area contributed by atoms with Crippen LogP contribution in [0.15, 0.2) is 30.3 Å². The fourth-order valence-corrected chi connectivity index (χ4v) is 2.51. The van der Waals surface area contributed by atoms with E-state index in [-0.39, 0.29) is 5.41 Å². The zero-order chi connectivity index (χ0) is 10.2. The molecule has 1 aliphatic rings. The van der Waals surface area contributed by atoms with E-state index in [1.54, 1.807) is 0 Å². The second-order valence-corrected chi connectivity index (χ2v) is 5.24. The lowest BCUT2D eigenvalue weighted by atomic mass is 9.86. The molecule has 2 rings (SSSR count). The standard InChI is InChI=1S/C13H18O/c1-12(2)8-9-13(14,10-12)11-6-4-3-5-7-11/h3-7,14H,8-10H2,1-2H3. The summed E-state index contributed by atoms with van der Waals surface area (Å²) < 4.78 is 0. The van der Waals surface area contributed by atoms with Gasteiger partial charge in [0, 0.05) is 0 Å². The van der Waals surface area contributed by atoms with Crippen molar-refractivity contribution in [1.82, 2.24) is 0 Å². The fraction of sp³-hybridized carbons (Fsp3) is 0.538. The van der Waals surface area contributed by atoms with Crippen LogP contribution >= 0.6 is 0 Å². The predicted molar refractivity (Wildman–Crippen MR) is 58.0 cm³/mol. The molecule has 1 N–H and O–H groups in total. The molecule has 76 valence electrons. The summed E-state index contributed by atoms with van der Waals surface area (Å²) in [6, 6.07) is 10.0. The number of benzene rings is 1. The first-order chi connectivity index (χ1) is 6.52. The summed E-state index contributed by atoms with van der Waals surface area (Å²) >= 11 is 0. The van der Waals surface area contributed by atoms with Crippen LogP contribution in [0.4, 0.5) is 0 Å². The molecular weight excluding hydrogens is 172 g/mol. The van der Waals surface area contributed by atoms with Gasteiger partial charge < -0.3 is 5.11 Å². The van der Waals surface area contributed by atoms with Crippen LogP contribution in [0.1, 0.15) is 38.7 Å². The van der Waals surface area contributed by atoms with Crippen molar-refractivity contribution in [3.8, 4) is 0 Å². The summed E-state index contributed by atoms with van der Waals surface area (Å²) in [5, 5.41) is 10.5. The highest BCUT2D eigenvalue weighted by molar-refractivity contribution is 5.24. The SMILES string of the molecule is CC1(C)CCC(O)(c2ccccc2)C1. The van der Waals surface area contributed by atoms with Crippen molar-refractivity contribution in [2.75, 3.05) is 0 Å². The van der Waals surface area contributed by atoms with E-state index in [0.29, 0.717) is 0 Å². The summed E-state index contributed by atoms with van der Waals surface area (Å²) in [5.74, 6) is 0. The summed E-state index contributed by atoms with van der Waals surface area (Å²) in [7, 11) is 0. The third-order valence-electron chi connectivity index (χ3n) is 3.30. The Morgan fingerprint density at radius 1 is 1.07 bits per heavy atom. The second kappa shape index (κ2) is 3.09. The lowest BCUT2D eigenvalue weighted by Gasteiger charge is -2.25. The van der Waals surface area contributed by atoms with Gasteiger partial charge >= 0.3 is 0 Å². The van der Waals surface area contributed by atoms with Gasteiger partial charge in [-0.3, -0.25) is 0 Å². The maximum Gasteiger partial charge on any atom is 0.0901 e. The Morgan fingerprint density at radius 3 is 2.21 bits per heavy atom. The van der Waals surface area contributed by atoms with Crippen molar-refractivity contribution < 1.29 is 5.11 Å². The molecule has 0 amide bonds. The minimum atomic E-state index is -0.579. The summed E-state index contributed by atoms with van der Waals surface area (Å²) in [5.41, 5.74) is 0.778. The van der Waals surface area contributed by atoms with Crippen LogP contribution in [0.25, 0.3) is 0 Å². The van der Waals surface area contributed by atoms with E-state index in [9.17, 15) is 5.11 Å². The van der Waals surface area contributed by atoms with Gasteiger partial charge in [-0.2, -0.15) is 0 Å². The molecule has 0 aliphatic heterocycles. The van der Waals surface area contributed by atoms with Crippen molar-refractivity contribution in [2.45, 2.75) is 38.7 Å². The number of aliphatic hydroxyl groups is 1. The molecule has 0 aromatic heterocycles. The van der Waals surface area contributed by atoms with Crippen LogP contribution in [-0.4, -0.2) is 5.11 Å². The Labute approximate surface area is 85.8 Å². The maximum absolute atomic E-state index is 10.5. The van der Waals surface area contributed by atoms with Gasteiger partial charge in [-0.15, -0.1) is 0 Å². The molecule has 14 heavy (non-hydrogen) atoms. The zero-order valence-corrected chi connectivity index (χ0v) is 8.96. The van der Waals surface area contributed by atoms with Gasteiger partial charge in [0.15, 0.2) is 0 Å². The molecule has 0 heterocycles. The van der Waals surface area contributed by atoms with Crippen molar-refractivity contribution in [2.24, 2.45) is 5.41 Å². The van der Waals surface area contributed by atoms with E-state index in [1.165, 1.54) is 0 Å². The van der Waals surface area contributed by atoms with Crippen LogP contribution in [0.5, 0.6) is 0 Å². The van der Waals surface area contributed by atoms with E-state index in [0.717, 1.165) is 24.8 Å². The quantitative estimate of drug-likeness (QED) is 0.721. The molecule has 1 aromatic carbocycles. The molecular formula is C13H18O. The molecule has 1 heteroatoms. The van der Waals surface area contributed by atoms with Gasteiger partial charge in [-0.25, -0.2) is 0 Å². The summed E-state index contributed by atoms with van der Waals surface area (Å²) in [6.45, 7) is 4.46. The number of hydrogen-bond acceptors (Lipinski definition) is 1. The molecule has 1 nitrogen and oxygen atoms in total. The molecule has 0 spiro atoms. The molecule has 0 bridgehead atoms. The highest BCUT2D eigenvalue weighted by atomic mass is 16.3. The molecule has 1 atom stereocenters. The second-order valence-electron chi connectivity index (χ2n) is 5.24. The average Bonchev–Trinajstić information content (AvgIpc) is 2.44. The van der Waals surface area contributed by atoms with Gasteiger partial charge in [0.2, 0.25) is 0 Å². The van der Waals surface area contributed by atoms with Crippen molar-refractivity contribution >= 4 is 0 Å². The largest absolute Gasteiger partial charge is 0.385 e. The van der Waals surface area contributed by atoms with E-state index in [1.807, 2.05) is 30.3 Å². The van der Waals surface area contributed by atoms with Gasteiger partial charge in [0.25, 0.3) is 0 Å². The number of hydrogen-bond donors (Lipinski definition) is 1. The normalized spacial score (nSPS) is 30.5. The molecule has 1 fully saturated rings. The maximum atomic E-state index is 10.5.